The Kier molecular flexibility index (Phi) is 4.99. The van der Waals surface area contributed by atoms with E-state index >= 15 is 0 Å². The first-order chi connectivity index (χ1) is 9.08. The van der Waals surface area contributed by atoms with Gasteiger partial charge in [-0.2, -0.15) is 5.10 Å². The molecular weight excluding hydrogens is 308 g/mol. The molecule has 0 amide bonds. The van der Waals surface area contributed by atoms with Gasteiger partial charge >= 0.3 is 0 Å². The number of nitrogens with one attached hydrogen (secondary N) is 2. The molecule has 2 N–H and O–H groups in total. The predicted octanol–water partition coefficient (Wildman–Crippen LogP) is 1.83. The van der Waals surface area contributed by atoms with Crippen molar-refractivity contribution in [1.82, 2.24) is 15.1 Å². The molecule has 0 radical (unpaired) electrons. The van der Waals surface area contributed by atoms with Gasteiger partial charge in [-0.05, 0) is 34.7 Å². The highest BCUT2D eigenvalue weighted by Crippen LogP contribution is 2.18. The third-order valence-electron chi connectivity index (χ3n) is 2.97. The molecule has 0 atom stereocenters. The van der Waals surface area contributed by atoms with Crippen LogP contribution in [0, 0.1) is 5.92 Å². The zero-order chi connectivity index (χ0) is 13.8. The Hall–Kier alpha value is -0.880. The first kappa shape index (κ1) is 14.5. The highest BCUT2D eigenvalue weighted by molar-refractivity contribution is 9.10. The Morgan fingerprint density at radius 3 is 2.84 bits per heavy atom. The molecule has 19 heavy (non-hydrogen) atoms. The minimum atomic E-state index is -0.0751. The molecule has 1 fully saturated rings. The fraction of sp³-hybridized carbons (Fsp3) is 0.692. The summed E-state index contributed by atoms with van der Waals surface area (Å²) in [6, 6.07) is 0.711. The fourth-order valence-electron chi connectivity index (χ4n) is 1.83. The second-order valence-corrected chi connectivity index (χ2v) is 6.20. The summed E-state index contributed by atoms with van der Waals surface area (Å²) in [7, 11) is 0. The molecule has 5 nitrogen and oxygen atoms in total. The molecule has 0 aliphatic heterocycles. The number of aromatic nitrogens is 2. The summed E-state index contributed by atoms with van der Waals surface area (Å²) < 4.78 is 2.07. The molecule has 0 bridgehead atoms. The molecule has 6 heteroatoms. The Morgan fingerprint density at radius 2 is 2.21 bits per heavy atom. The maximum atomic E-state index is 12.1. The molecule has 0 unspecified atom stereocenters. The highest BCUT2D eigenvalue weighted by Gasteiger charge is 2.19. The zero-order valence-electron chi connectivity index (χ0n) is 11.4. The Labute approximate surface area is 121 Å². The van der Waals surface area contributed by atoms with Crippen LogP contribution in [-0.4, -0.2) is 28.9 Å². The van der Waals surface area contributed by atoms with E-state index in [0.29, 0.717) is 23.0 Å². The van der Waals surface area contributed by atoms with E-state index in [1.807, 2.05) is 0 Å². The van der Waals surface area contributed by atoms with Gasteiger partial charge < -0.3 is 10.6 Å². The maximum Gasteiger partial charge on any atom is 0.283 e. The van der Waals surface area contributed by atoms with E-state index in [1.54, 1.807) is 6.20 Å². The second kappa shape index (κ2) is 6.52. The van der Waals surface area contributed by atoms with Gasteiger partial charge in [0.2, 0.25) is 0 Å². The van der Waals surface area contributed by atoms with Gasteiger partial charge in [0.05, 0.1) is 11.9 Å². The van der Waals surface area contributed by atoms with Gasteiger partial charge in [-0.15, -0.1) is 0 Å². The SMILES string of the molecule is CC(C)Cn1ncc(NCCNC2CC2)c(Br)c1=O. The van der Waals surface area contributed by atoms with Crippen LogP contribution in [0.3, 0.4) is 0 Å². The van der Waals surface area contributed by atoms with Crippen molar-refractivity contribution in [2.24, 2.45) is 5.92 Å². The summed E-state index contributed by atoms with van der Waals surface area (Å²) in [5, 5.41) is 10.8. The van der Waals surface area contributed by atoms with Crippen molar-refractivity contribution >= 4 is 21.6 Å². The molecule has 0 spiro atoms. The topological polar surface area (TPSA) is 59.0 Å². The number of halogens is 1. The van der Waals surface area contributed by atoms with E-state index in [9.17, 15) is 4.79 Å². The quantitative estimate of drug-likeness (QED) is 0.750. The molecule has 1 aromatic heterocycles. The summed E-state index contributed by atoms with van der Waals surface area (Å²) in [5.41, 5.74) is 0.691. The number of hydrogen-bond acceptors (Lipinski definition) is 4. The number of nitrogens with zero attached hydrogens (tertiary/aromatic N) is 2. The van der Waals surface area contributed by atoms with Gasteiger partial charge in [0.25, 0.3) is 5.56 Å². The van der Waals surface area contributed by atoms with Crippen LogP contribution in [0.4, 0.5) is 5.69 Å². The molecule has 2 rings (SSSR count). The second-order valence-electron chi connectivity index (χ2n) is 5.41. The lowest BCUT2D eigenvalue weighted by Crippen LogP contribution is -2.28. The lowest BCUT2D eigenvalue weighted by Gasteiger charge is -2.12. The van der Waals surface area contributed by atoms with Crippen LogP contribution < -0.4 is 16.2 Å². The average molecular weight is 329 g/mol. The summed E-state index contributed by atoms with van der Waals surface area (Å²) in [4.78, 5) is 12.1. The van der Waals surface area contributed by atoms with Crippen molar-refractivity contribution in [2.75, 3.05) is 18.4 Å². The Morgan fingerprint density at radius 1 is 1.47 bits per heavy atom. The fourth-order valence-corrected chi connectivity index (χ4v) is 2.27. The van der Waals surface area contributed by atoms with Gasteiger partial charge in [0.15, 0.2) is 0 Å². The van der Waals surface area contributed by atoms with Gasteiger partial charge in [0.1, 0.15) is 4.47 Å². The normalized spacial score (nSPS) is 14.9. The lowest BCUT2D eigenvalue weighted by atomic mass is 10.2. The van der Waals surface area contributed by atoms with Gasteiger partial charge in [-0.25, -0.2) is 4.68 Å². The molecule has 106 valence electrons. The van der Waals surface area contributed by atoms with Crippen LogP contribution in [0.1, 0.15) is 26.7 Å². The minimum Gasteiger partial charge on any atom is -0.381 e. The largest absolute Gasteiger partial charge is 0.381 e. The van der Waals surface area contributed by atoms with Crippen molar-refractivity contribution in [2.45, 2.75) is 39.3 Å². The Balaban J connectivity index is 1.92. The van der Waals surface area contributed by atoms with Crippen LogP contribution in [0.5, 0.6) is 0 Å². The van der Waals surface area contributed by atoms with E-state index in [2.05, 4.69) is 45.5 Å². The van der Waals surface area contributed by atoms with Crippen LogP contribution in [0.15, 0.2) is 15.5 Å². The van der Waals surface area contributed by atoms with Gasteiger partial charge in [0, 0.05) is 25.7 Å². The molecule has 1 aliphatic carbocycles. The van der Waals surface area contributed by atoms with Crippen LogP contribution in [-0.2, 0) is 6.54 Å². The van der Waals surface area contributed by atoms with Crippen molar-refractivity contribution < 1.29 is 0 Å². The van der Waals surface area contributed by atoms with Crippen molar-refractivity contribution in [1.29, 1.82) is 0 Å². The lowest BCUT2D eigenvalue weighted by molar-refractivity contribution is 0.462. The van der Waals surface area contributed by atoms with E-state index in [4.69, 9.17) is 0 Å². The van der Waals surface area contributed by atoms with Crippen LogP contribution in [0.25, 0.3) is 0 Å². The number of anilines is 1. The van der Waals surface area contributed by atoms with E-state index in [0.717, 1.165) is 18.8 Å². The standard InChI is InChI=1S/C13H21BrN4O/c1-9(2)8-18-13(19)12(14)11(7-17-18)16-6-5-15-10-3-4-10/h7,9-10,15-16H,3-6,8H2,1-2H3. The minimum absolute atomic E-state index is 0.0751. The molecule has 1 saturated carbocycles. The molecule has 1 aromatic rings. The van der Waals surface area contributed by atoms with Gasteiger partial charge in [-0.1, -0.05) is 13.8 Å². The number of hydrogen-bond donors (Lipinski definition) is 2. The molecule has 1 aliphatic rings. The molecule has 0 aromatic carbocycles. The predicted molar refractivity (Wildman–Crippen MR) is 80.5 cm³/mol. The molecule has 1 heterocycles. The zero-order valence-corrected chi connectivity index (χ0v) is 13.0. The van der Waals surface area contributed by atoms with E-state index < -0.39 is 0 Å². The summed E-state index contributed by atoms with van der Waals surface area (Å²) in [5.74, 6) is 0.402. The Bertz CT molecular complexity index is 482. The average Bonchev–Trinajstić information content (AvgIpc) is 3.16. The van der Waals surface area contributed by atoms with Crippen molar-refractivity contribution in [3.05, 3.63) is 21.0 Å². The van der Waals surface area contributed by atoms with Crippen LogP contribution in [0.2, 0.25) is 0 Å². The third-order valence-corrected chi connectivity index (χ3v) is 3.74. The highest BCUT2D eigenvalue weighted by atomic mass is 79.9. The van der Waals surface area contributed by atoms with Crippen molar-refractivity contribution in [3.8, 4) is 0 Å². The van der Waals surface area contributed by atoms with Gasteiger partial charge in [-0.3, -0.25) is 4.79 Å². The number of rotatable bonds is 7. The molecular formula is C13H21BrN4O. The maximum absolute atomic E-state index is 12.1. The monoisotopic (exact) mass is 328 g/mol. The van der Waals surface area contributed by atoms with Crippen molar-refractivity contribution in [3.63, 3.8) is 0 Å². The smallest absolute Gasteiger partial charge is 0.283 e. The van der Waals surface area contributed by atoms with E-state index in [-0.39, 0.29) is 5.56 Å². The molecule has 0 saturated heterocycles. The summed E-state index contributed by atoms with van der Waals surface area (Å²) >= 11 is 3.36. The van der Waals surface area contributed by atoms with E-state index in [1.165, 1.54) is 17.5 Å². The first-order valence-corrected chi connectivity index (χ1v) is 7.60. The summed E-state index contributed by atoms with van der Waals surface area (Å²) in [6.07, 6.45) is 4.29. The third kappa shape index (κ3) is 4.31. The summed E-state index contributed by atoms with van der Waals surface area (Å²) in [6.45, 7) is 6.48. The first-order valence-electron chi connectivity index (χ1n) is 6.81. The van der Waals surface area contributed by atoms with Crippen LogP contribution >= 0.6 is 15.9 Å².